The molecule has 0 bridgehead atoms. The zero-order valence-corrected chi connectivity index (χ0v) is 17.0. The minimum Gasteiger partial charge on any atom is -0.319 e. The van der Waals surface area contributed by atoms with Crippen LogP contribution >= 0.6 is 15.9 Å². The van der Waals surface area contributed by atoms with E-state index in [9.17, 15) is 9.18 Å². The first-order chi connectivity index (χ1) is 14.0. The fraction of sp³-hybridized carbons (Fsp3) is 0.0455. The molecule has 0 fully saturated rings. The average Bonchev–Trinajstić information content (AvgIpc) is 3.16. The molecule has 4 rings (SSSR count). The Morgan fingerprint density at radius 1 is 1.03 bits per heavy atom. The van der Waals surface area contributed by atoms with Crippen LogP contribution in [0.3, 0.4) is 0 Å². The molecular formula is C22H16BrFN4O. The van der Waals surface area contributed by atoms with Gasteiger partial charge in [-0.25, -0.2) is 14.1 Å². The molecule has 1 heterocycles. The molecule has 1 aromatic heterocycles. The number of aromatic nitrogens is 3. The molecule has 5 nitrogen and oxygen atoms in total. The van der Waals surface area contributed by atoms with Gasteiger partial charge in [0.05, 0.1) is 5.69 Å². The van der Waals surface area contributed by atoms with Gasteiger partial charge < -0.3 is 5.32 Å². The molecule has 1 N–H and O–H groups in total. The summed E-state index contributed by atoms with van der Waals surface area (Å²) in [4.78, 5) is 17.2. The zero-order chi connectivity index (χ0) is 20.4. The molecule has 29 heavy (non-hydrogen) atoms. The largest absolute Gasteiger partial charge is 0.319 e. The summed E-state index contributed by atoms with van der Waals surface area (Å²) >= 11 is 3.36. The molecule has 0 radical (unpaired) electrons. The number of anilines is 1. The Bertz CT molecular complexity index is 1170. The number of rotatable bonds is 4. The van der Waals surface area contributed by atoms with Crippen molar-refractivity contribution < 1.29 is 9.18 Å². The second-order valence-electron chi connectivity index (χ2n) is 6.48. The van der Waals surface area contributed by atoms with Crippen molar-refractivity contribution >= 4 is 27.5 Å². The normalized spacial score (nSPS) is 10.7. The molecule has 0 unspecified atom stereocenters. The van der Waals surface area contributed by atoms with Crippen molar-refractivity contribution in [1.29, 1.82) is 0 Å². The third-order valence-corrected chi connectivity index (χ3v) is 4.79. The van der Waals surface area contributed by atoms with Crippen LogP contribution in [0.4, 0.5) is 10.1 Å². The molecule has 0 saturated heterocycles. The van der Waals surface area contributed by atoms with Gasteiger partial charge in [-0.2, -0.15) is 0 Å². The van der Waals surface area contributed by atoms with E-state index in [1.54, 1.807) is 28.9 Å². The molecule has 4 aromatic rings. The zero-order valence-electron chi connectivity index (χ0n) is 15.4. The van der Waals surface area contributed by atoms with Crippen LogP contribution in [0.1, 0.15) is 16.2 Å². The standard InChI is InChI=1S/C22H16BrFN4O/c1-14-3-2-4-15(13-14)21-26-20(22(29)25-18-9-5-16(23)6-10-18)27-28(21)19-11-7-17(24)8-12-19/h2-13H,1H3,(H,25,29). The lowest BCUT2D eigenvalue weighted by Gasteiger charge is -2.06. The van der Waals surface area contributed by atoms with Crippen LogP contribution in [0.5, 0.6) is 0 Å². The number of amides is 1. The summed E-state index contributed by atoms with van der Waals surface area (Å²) < 4.78 is 15.8. The Kier molecular flexibility index (Phi) is 5.22. The molecular weight excluding hydrogens is 435 g/mol. The van der Waals surface area contributed by atoms with E-state index in [1.165, 1.54) is 12.1 Å². The van der Waals surface area contributed by atoms with Gasteiger partial charge in [-0.15, -0.1) is 5.10 Å². The van der Waals surface area contributed by atoms with Gasteiger partial charge in [0.2, 0.25) is 5.82 Å². The van der Waals surface area contributed by atoms with Crippen molar-refractivity contribution in [2.75, 3.05) is 5.32 Å². The van der Waals surface area contributed by atoms with Crippen LogP contribution in [-0.2, 0) is 0 Å². The minimum atomic E-state index is -0.429. The maximum Gasteiger partial charge on any atom is 0.295 e. The van der Waals surface area contributed by atoms with E-state index in [-0.39, 0.29) is 11.6 Å². The fourth-order valence-corrected chi connectivity index (χ4v) is 3.13. The number of hydrogen-bond acceptors (Lipinski definition) is 3. The van der Waals surface area contributed by atoms with Crippen molar-refractivity contribution in [3.8, 4) is 17.1 Å². The van der Waals surface area contributed by atoms with Crippen molar-refractivity contribution in [3.05, 3.63) is 94.5 Å². The van der Waals surface area contributed by atoms with Crippen LogP contribution in [0, 0.1) is 12.7 Å². The fourth-order valence-electron chi connectivity index (χ4n) is 2.86. The van der Waals surface area contributed by atoms with Gasteiger partial charge >= 0.3 is 0 Å². The third kappa shape index (κ3) is 4.25. The van der Waals surface area contributed by atoms with Crippen LogP contribution in [0.2, 0.25) is 0 Å². The molecule has 0 saturated carbocycles. The lowest BCUT2D eigenvalue weighted by atomic mass is 10.1. The molecule has 144 valence electrons. The Balaban J connectivity index is 1.75. The maximum atomic E-state index is 13.4. The number of benzene rings is 3. The van der Waals surface area contributed by atoms with Gasteiger partial charge in [0.1, 0.15) is 5.82 Å². The lowest BCUT2D eigenvalue weighted by Crippen LogP contribution is -2.14. The number of nitrogens with zero attached hydrogens (tertiary/aromatic N) is 3. The highest BCUT2D eigenvalue weighted by molar-refractivity contribution is 9.10. The first-order valence-corrected chi connectivity index (χ1v) is 9.66. The topological polar surface area (TPSA) is 59.8 Å². The minimum absolute atomic E-state index is 0.0220. The molecule has 0 spiro atoms. The summed E-state index contributed by atoms with van der Waals surface area (Å²) in [6.07, 6.45) is 0. The van der Waals surface area contributed by atoms with Gasteiger partial charge in [-0.1, -0.05) is 39.7 Å². The lowest BCUT2D eigenvalue weighted by molar-refractivity contribution is 0.101. The van der Waals surface area contributed by atoms with Gasteiger partial charge in [-0.3, -0.25) is 4.79 Å². The Labute approximate surface area is 175 Å². The van der Waals surface area contributed by atoms with E-state index >= 15 is 0 Å². The number of carbonyl (C=O) groups is 1. The summed E-state index contributed by atoms with van der Waals surface area (Å²) in [6, 6.07) is 20.8. The van der Waals surface area contributed by atoms with Gasteiger partial charge in [0, 0.05) is 15.7 Å². The predicted octanol–water partition coefficient (Wildman–Crippen LogP) is 5.40. The van der Waals surface area contributed by atoms with E-state index in [0.717, 1.165) is 15.6 Å². The number of halogens is 2. The van der Waals surface area contributed by atoms with E-state index in [2.05, 4.69) is 31.3 Å². The van der Waals surface area contributed by atoms with Gasteiger partial charge in [0.25, 0.3) is 5.91 Å². The van der Waals surface area contributed by atoms with Crippen molar-refractivity contribution in [1.82, 2.24) is 14.8 Å². The number of nitrogens with one attached hydrogen (secondary N) is 1. The maximum absolute atomic E-state index is 13.4. The SMILES string of the molecule is Cc1cccc(-c2nc(C(=O)Nc3ccc(Br)cc3)nn2-c2ccc(F)cc2)c1. The monoisotopic (exact) mass is 450 g/mol. The molecule has 0 aliphatic rings. The van der Waals surface area contributed by atoms with E-state index in [0.29, 0.717) is 17.2 Å². The van der Waals surface area contributed by atoms with Crippen molar-refractivity contribution in [2.24, 2.45) is 0 Å². The van der Waals surface area contributed by atoms with E-state index in [4.69, 9.17) is 0 Å². The molecule has 0 aliphatic carbocycles. The molecule has 1 amide bonds. The predicted molar refractivity (Wildman–Crippen MR) is 114 cm³/mol. The smallest absolute Gasteiger partial charge is 0.295 e. The highest BCUT2D eigenvalue weighted by atomic mass is 79.9. The van der Waals surface area contributed by atoms with Gasteiger partial charge in [0.15, 0.2) is 5.82 Å². The van der Waals surface area contributed by atoms with Gasteiger partial charge in [-0.05, 0) is 61.5 Å². The Morgan fingerprint density at radius 2 is 1.76 bits per heavy atom. The first-order valence-electron chi connectivity index (χ1n) is 8.86. The van der Waals surface area contributed by atoms with Crippen LogP contribution < -0.4 is 5.32 Å². The third-order valence-electron chi connectivity index (χ3n) is 4.26. The van der Waals surface area contributed by atoms with Crippen molar-refractivity contribution in [2.45, 2.75) is 6.92 Å². The highest BCUT2D eigenvalue weighted by Gasteiger charge is 2.19. The van der Waals surface area contributed by atoms with Crippen molar-refractivity contribution in [3.63, 3.8) is 0 Å². The highest BCUT2D eigenvalue weighted by Crippen LogP contribution is 2.23. The number of carbonyl (C=O) groups excluding carboxylic acids is 1. The molecule has 0 aliphatic heterocycles. The number of aryl methyl sites for hydroxylation is 1. The summed E-state index contributed by atoms with van der Waals surface area (Å²) in [5.74, 6) is -0.253. The second kappa shape index (κ2) is 7.97. The molecule has 7 heteroatoms. The summed E-state index contributed by atoms with van der Waals surface area (Å²) in [5, 5.41) is 7.18. The van der Waals surface area contributed by atoms with E-state index in [1.807, 2.05) is 43.3 Å². The average molecular weight is 451 g/mol. The van der Waals surface area contributed by atoms with Crippen LogP contribution in [-0.4, -0.2) is 20.7 Å². The molecule has 0 atom stereocenters. The van der Waals surface area contributed by atoms with Crippen LogP contribution in [0.15, 0.2) is 77.3 Å². The first kappa shape index (κ1) is 19.0. The van der Waals surface area contributed by atoms with E-state index < -0.39 is 5.91 Å². The second-order valence-corrected chi connectivity index (χ2v) is 7.39. The summed E-state index contributed by atoms with van der Waals surface area (Å²) in [5.41, 5.74) is 3.10. The summed E-state index contributed by atoms with van der Waals surface area (Å²) in [6.45, 7) is 1.98. The molecule has 3 aromatic carbocycles. The summed E-state index contributed by atoms with van der Waals surface area (Å²) in [7, 11) is 0. The quantitative estimate of drug-likeness (QED) is 0.452. The Morgan fingerprint density at radius 3 is 2.45 bits per heavy atom. The van der Waals surface area contributed by atoms with Crippen LogP contribution in [0.25, 0.3) is 17.1 Å². The number of hydrogen-bond donors (Lipinski definition) is 1. The Hall–Kier alpha value is -3.32.